The number of quaternary nitrogens is 1. The van der Waals surface area contributed by atoms with Crippen LogP contribution < -0.4 is 9.68 Å². The van der Waals surface area contributed by atoms with Gasteiger partial charge in [-0.2, -0.15) is 0 Å². The summed E-state index contributed by atoms with van der Waals surface area (Å²) in [6, 6.07) is 5.15. The smallest absolute Gasteiger partial charge is 0.418 e. The van der Waals surface area contributed by atoms with Crippen LogP contribution in [-0.2, 0) is 4.65 Å². The number of rotatable bonds is 20. The second-order valence-electron chi connectivity index (χ2n) is 9.90. The van der Waals surface area contributed by atoms with Crippen LogP contribution in [0, 0.1) is 6.92 Å². The summed E-state index contributed by atoms with van der Waals surface area (Å²) < 4.78 is 11.6. The molecule has 1 aromatic carbocycles. The van der Waals surface area contributed by atoms with Gasteiger partial charge in [0.2, 0.25) is 0 Å². The van der Waals surface area contributed by atoms with Crippen molar-refractivity contribution in [2.45, 2.75) is 119 Å². The van der Waals surface area contributed by atoms with Crippen molar-refractivity contribution in [2.24, 2.45) is 0 Å². The van der Waals surface area contributed by atoms with Crippen LogP contribution in [0.5, 0.6) is 5.75 Å². The van der Waals surface area contributed by atoms with Gasteiger partial charge in [0.05, 0.1) is 26.2 Å². The van der Waals surface area contributed by atoms with Gasteiger partial charge < -0.3 is 18.8 Å². The topological polar surface area (TPSA) is 41.5 Å². The van der Waals surface area contributed by atoms with E-state index in [1.807, 2.05) is 13.0 Å². The van der Waals surface area contributed by atoms with Gasteiger partial charge >= 0.3 is 7.32 Å². The molecule has 204 valence electrons. The third kappa shape index (κ3) is 17.4. The Morgan fingerprint density at radius 1 is 0.743 bits per heavy atom. The second kappa shape index (κ2) is 22.5. The summed E-state index contributed by atoms with van der Waals surface area (Å²) in [7, 11) is -1.48. The third-order valence-electron chi connectivity index (χ3n) is 6.57. The molecule has 0 aliphatic heterocycles. The minimum Gasteiger partial charge on any atom is -0.820 e. The monoisotopic (exact) mass is 511 g/mol. The van der Waals surface area contributed by atoms with E-state index in [9.17, 15) is 5.02 Å². The molecule has 0 aromatic heterocycles. The van der Waals surface area contributed by atoms with Gasteiger partial charge in [-0.05, 0) is 56.7 Å². The minimum absolute atomic E-state index is 0.438. The summed E-state index contributed by atoms with van der Waals surface area (Å²) in [6.07, 6.45) is 15.4. The lowest BCUT2D eigenvalue weighted by Gasteiger charge is -2.39. The van der Waals surface area contributed by atoms with Gasteiger partial charge in [-0.1, -0.05) is 97.2 Å². The van der Waals surface area contributed by atoms with Crippen molar-refractivity contribution in [1.82, 2.24) is 0 Å². The van der Waals surface area contributed by atoms with Crippen molar-refractivity contribution in [3.05, 3.63) is 28.8 Å². The molecule has 0 radical (unpaired) electrons. The number of nitrogens with zero attached hydrogens (tertiary/aromatic N) is 1. The van der Waals surface area contributed by atoms with Crippen LogP contribution in [0.4, 0.5) is 0 Å². The molecule has 0 atom stereocenters. The average Bonchev–Trinajstić information content (AvgIpc) is 2.85. The Labute approximate surface area is 223 Å². The number of aryl methyl sites for hydroxylation is 1. The van der Waals surface area contributed by atoms with Gasteiger partial charge in [0.1, 0.15) is 5.75 Å². The quantitative estimate of drug-likeness (QED) is 0.101. The minimum atomic E-state index is -1.48. The van der Waals surface area contributed by atoms with Crippen LogP contribution in [0.1, 0.15) is 117 Å². The van der Waals surface area contributed by atoms with Gasteiger partial charge in [-0.3, -0.25) is 0 Å². The normalized spacial score (nSPS) is 11.2. The maximum Gasteiger partial charge on any atom is 0.418 e. The second-order valence-corrected chi connectivity index (χ2v) is 10.3. The summed E-state index contributed by atoms with van der Waals surface area (Å²) in [5, 5.41) is 12.0. The molecule has 6 heteroatoms. The third-order valence-corrected chi connectivity index (χ3v) is 6.98. The zero-order valence-electron chi connectivity index (χ0n) is 23.9. The Balaban J connectivity index is 0.000000662. The molecule has 0 heterocycles. The number of benzene rings is 1. The van der Waals surface area contributed by atoms with E-state index in [1.165, 1.54) is 94.9 Å². The molecule has 0 amide bonds. The fourth-order valence-corrected chi connectivity index (χ4v) is 4.32. The van der Waals surface area contributed by atoms with Crippen molar-refractivity contribution in [2.75, 3.05) is 32.8 Å². The molecule has 35 heavy (non-hydrogen) atoms. The molecule has 1 rings (SSSR count). The van der Waals surface area contributed by atoms with E-state index in [1.54, 1.807) is 12.1 Å². The Hall–Kier alpha value is -0.745. The van der Waals surface area contributed by atoms with Crippen molar-refractivity contribution >= 4 is 18.9 Å². The Morgan fingerprint density at radius 2 is 1.23 bits per heavy atom. The Bertz CT molecular complexity index is 580. The Kier molecular flexibility index (Phi) is 22.0. The first kappa shape index (κ1) is 34.3. The summed E-state index contributed by atoms with van der Waals surface area (Å²) in [4.78, 5) is 0. The first-order valence-electron chi connectivity index (χ1n) is 14.4. The first-order chi connectivity index (χ1) is 16.9. The number of hydrogen-bond acceptors (Lipinski definition) is 3. The van der Waals surface area contributed by atoms with E-state index in [0.29, 0.717) is 17.4 Å². The van der Waals surface area contributed by atoms with Crippen molar-refractivity contribution in [3.63, 3.8) is 0 Å². The predicted octanol–water partition coefficient (Wildman–Crippen LogP) is 7.97. The van der Waals surface area contributed by atoms with Gasteiger partial charge in [0.25, 0.3) is 0 Å². The van der Waals surface area contributed by atoms with E-state index in [-0.39, 0.29) is 0 Å². The molecule has 0 bridgehead atoms. The highest BCUT2D eigenvalue weighted by molar-refractivity contribution is 6.34. The number of unbranched alkanes of at least 4 members (excludes halogenated alkanes) is 7. The van der Waals surface area contributed by atoms with Crippen LogP contribution in [0.15, 0.2) is 18.2 Å². The van der Waals surface area contributed by atoms with E-state index in [0.717, 1.165) is 18.4 Å². The summed E-state index contributed by atoms with van der Waals surface area (Å²) >= 11 is 5.94. The average molecular weight is 512 g/mol. The van der Waals surface area contributed by atoms with Gasteiger partial charge in [-0.15, -0.1) is 0 Å². The Morgan fingerprint density at radius 3 is 1.66 bits per heavy atom. The van der Waals surface area contributed by atoms with Crippen molar-refractivity contribution < 1.29 is 18.8 Å². The highest BCUT2D eigenvalue weighted by Gasteiger charge is 2.24. The maximum absolute atomic E-state index is 11.4. The van der Waals surface area contributed by atoms with E-state index < -0.39 is 7.32 Å². The molecule has 4 nitrogen and oxygen atoms in total. The zero-order valence-corrected chi connectivity index (χ0v) is 24.6. The summed E-state index contributed by atoms with van der Waals surface area (Å²) in [6.45, 7) is 19.5. The molecule has 0 unspecified atom stereocenters. The first-order valence-corrected chi connectivity index (χ1v) is 14.8. The lowest BCUT2D eigenvalue weighted by Crippen LogP contribution is -2.50. The molecule has 0 fully saturated rings. The molecule has 0 aliphatic rings. The highest BCUT2D eigenvalue weighted by Crippen LogP contribution is 2.22. The van der Waals surface area contributed by atoms with Crippen LogP contribution >= 0.6 is 11.6 Å². The molecule has 0 N–H and O–H groups in total. The number of hydrogen-bond donors (Lipinski definition) is 0. The lowest BCUT2D eigenvalue weighted by molar-refractivity contribution is -0.929. The fourth-order valence-electron chi connectivity index (χ4n) is 4.15. The predicted molar refractivity (Wildman–Crippen MR) is 152 cm³/mol. The number of halogens is 1. The molecular weight excluding hydrogens is 457 g/mol. The van der Waals surface area contributed by atoms with E-state index in [4.69, 9.17) is 20.9 Å². The summed E-state index contributed by atoms with van der Waals surface area (Å²) in [5.74, 6) is 0.444. The van der Waals surface area contributed by atoms with Gasteiger partial charge in [-0.25, -0.2) is 0 Å². The van der Waals surface area contributed by atoms with Crippen LogP contribution in [0.3, 0.4) is 0 Å². The van der Waals surface area contributed by atoms with Crippen LogP contribution in [0.2, 0.25) is 5.02 Å². The highest BCUT2D eigenvalue weighted by atomic mass is 35.5. The van der Waals surface area contributed by atoms with Crippen LogP contribution in [0.25, 0.3) is 0 Å². The largest absolute Gasteiger partial charge is 0.820 e. The molecule has 0 saturated heterocycles. The van der Waals surface area contributed by atoms with E-state index in [2.05, 4.69) is 34.6 Å². The SMILES string of the molecule is CCCCCCOB([O-])Oc1ccc(C)c(Cl)c1.CCCC[N+](CCCC)(CCCC)CCCC. The van der Waals surface area contributed by atoms with E-state index >= 15 is 0 Å². The lowest BCUT2D eigenvalue weighted by atomic mass is 10.1. The maximum atomic E-state index is 11.4. The molecular formula is C29H55BClNO3. The van der Waals surface area contributed by atoms with Crippen molar-refractivity contribution in [3.8, 4) is 5.75 Å². The molecule has 0 aliphatic carbocycles. The van der Waals surface area contributed by atoms with Gasteiger partial charge in [0.15, 0.2) is 0 Å². The van der Waals surface area contributed by atoms with Gasteiger partial charge in [0, 0.05) is 11.6 Å². The molecule has 0 spiro atoms. The molecule has 0 saturated carbocycles. The van der Waals surface area contributed by atoms with Crippen LogP contribution in [-0.4, -0.2) is 44.6 Å². The van der Waals surface area contributed by atoms with Crippen molar-refractivity contribution in [1.29, 1.82) is 0 Å². The fraction of sp³-hybridized carbons (Fsp3) is 0.793. The summed E-state index contributed by atoms with van der Waals surface area (Å²) in [5.41, 5.74) is 0.951. The standard InChI is InChI=1S/C16H36N.C13H19BClO3/c1-5-9-13-17(14-10-6-2,15-11-7-3)16-12-8-4;1-3-4-5-6-9-17-14(16)18-12-8-7-11(2)13(15)10-12/h5-16H2,1-4H3;7-8,10H,3-6,9H2,1-2H3/q+1;-1. The zero-order chi connectivity index (χ0) is 26.4. The molecule has 1 aromatic rings.